The van der Waals surface area contributed by atoms with Crippen LogP contribution in [-0.2, 0) is 0 Å². The average Bonchev–Trinajstić information content (AvgIpc) is 3.04. The Balaban J connectivity index is 1.68. The highest BCUT2D eigenvalue weighted by Gasteiger charge is 2.17. The zero-order chi connectivity index (χ0) is 18.7. The van der Waals surface area contributed by atoms with E-state index < -0.39 is 12.0 Å². The van der Waals surface area contributed by atoms with Crippen molar-refractivity contribution in [1.82, 2.24) is 15.3 Å². The molecule has 134 valence electrons. The molecule has 0 radical (unpaired) electrons. The molecule has 0 bridgehead atoms. The van der Waals surface area contributed by atoms with Crippen LogP contribution in [0, 0.1) is 19.7 Å². The minimum Gasteiger partial charge on any atom is -0.387 e. The van der Waals surface area contributed by atoms with Crippen molar-refractivity contribution in [3.63, 3.8) is 0 Å². The van der Waals surface area contributed by atoms with E-state index >= 15 is 0 Å². The van der Waals surface area contributed by atoms with Crippen molar-refractivity contribution in [2.24, 2.45) is 0 Å². The number of aryl methyl sites for hydroxylation is 2. The number of rotatable bonds is 5. The van der Waals surface area contributed by atoms with Crippen LogP contribution in [0.4, 0.5) is 4.39 Å². The number of aliphatic hydroxyl groups excluding tert-OH is 1. The molecule has 1 heterocycles. The van der Waals surface area contributed by atoms with E-state index in [1.165, 1.54) is 6.07 Å². The summed E-state index contributed by atoms with van der Waals surface area (Å²) in [6.45, 7) is 3.38. The van der Waals surface area contributed by atoms with E-state index in [1.807, 2.05) is 30.3 Å². The fraction of sp³-hybridized carbons (Fsp3) is 0.200. The van der Waals surface area contributed by atoms with Crippen molar-refractivity contribution < 1.29 is 14.3 Å². The lowest BCUT2D eigenvalue weighted by atomic mass is 10.1. The lowest BCUT2D eigenvalue weighted by molar-refractivity contribution is 0.0911. The molecule has 0 fully saturated rings. The highest BCUT2D eigenvalue weighted by molar-refractivity contribution is 5.94. The van der Waals surface area contributed by atoms with Gasteiger partial charge in [0.1, 0.15) is 17.3 Å². The van der Waals surface area contributed by atoms with Crippen LogP contribution in [0.1, 0.15) is 33.4 Å². The summed E-state index contributed by atoms with van der Waals surface area (Å²) < 4.78 is 13.6. The summed E-state index contributed by atoms with van der Waals surface area (Å²) in [5, 5.41) is 12.8. The second kappa shape index (κ2) is 7.49. The van der Waals surface area contributed by atoms with Crippen molar-refractivity contribution in [1.29, 1.82) is 0 Å². The monoisotopic (exact) mass is 353 g/mol. The molecule has 1 amide bonds. The smallest absolute Gasteiger partial charge is 0.271 e. The van der Waals surface area contributed by atoms with Crippen LogP contribution in [0.5, 0.6) is 0 Å². The maximum Gasteiger partial charge on any atom is 0.271 e. The molecule has 0 saturated heterocycles. The number of amides is 1. The predicted molar refractivity (Wildman–Crippen MR) is 97.2 cm³/mol. The zero-order valence-electron chi connectivity index (χ0n) is 14.6. The number of nitrogens with one attached hydrogen (secondary N) is 2. The van der Waals surface area contributed by atoms with Gasteiger partial charge in [-0.3, -0.25) is 4.79 Å². The number of hydrogen-bond donors (Lipinski definition) is 3. The van der Waals surface area contributed by atoms with Crippen molar-refractivity contribution >= 4 is 5.91 Å². The standard InChI is InChI=1S/C20H20FN3O2/c1-12-8-9-15(10-16(12)21)17(25)11-22-20(26)18-13(2)23-19(24-18)14-6-4-3-5-7-14/h3-10,17,25H,11H2,1-2H3,(H,22,26)(H,23,24). The minimum absolute atomic E-state index is 0.0334. The molecule has 2 aromatic carbocycles. The Morgan fingerprint density at radius 2 is 1.96 bits per heavy atom. The van der Waals surface area contributed by atoms with Crippen LogP contribution >= 0.6 is 0 Å². The van der Waals surface area contributed by atoms with Crippen LogP contribution in [-0.4, -0.2) is 27.5 Å². The number of aromatic amines is 1. The maximum atomic E-state index is 13.6. The van der Waals surface area contributed by atoms with Gasteiger partial charge in [0.25, 0.3) is 5.91 Å². The zero-order valence-corrected chi connectivity index (χ0v) is 14.6. The molecule has 3 N–H and O–H groups in total. The lowest BCUT2D eigenvalue weighted by Crippen LogP contribution is -2.29. The summed E-state index contributed by atoms with van der Waals surface area (Å²) in [6.07, 6.45) is -0.998. The van der Waals surface area contributed by atoms with Gasteiger partial charge >= 0.3 is 0 Å². The molecule has 3 aromatic rings. The van der Waals surface area contributed by atoms with Crippen molar-refractivity contribution in [2.75, 3.05) is 6.54 Å². The molecule has 1 atom stereocenters. The van der Waals surface area contributed by atoms with E-state index in [4.69, 9.17) is 0 Å². The van der Waals surface area contributed by atoms with Gasteiger partial charge in [0.15, 0.2) is 0 Å². The number of H-pyrrole nitrogens is 1. The van der Waals surface area contributed by atoms with E-state index in [0.29, 0.717) is 22.6 Å². The number of benzene rings is 2. The van der Waals surface area contributed by atoms with Crippen LogP contribution in [0.2, 0.25) is 0 Å². The van der Waals surface area contributed by atoms with Crippen LogP contribution in [0.3, 0.4) is 0 Å². The van der Waals surface area contributed by atoms with E-state index in [0.717, 1.165) is 5.56 Å². The third kappa shape index (κ3) is 3.81. The molecular weight excluding hydrogens is 333 g/mol. The largest absolute Gasteiger partial charge is 0.387 e. The van der Waals surface area contributed by atoms with Gasteiger partial charge in [0.05, 0.1) is 6.10 Å². The van der Waals surface area contributed by atoms with Gasteiger partial charge in [0.2, 0.25) is 0 Å². The fourth-order valence-electron chi connectivity index (χ4n) is 2.62. The van der Waals surface area contributed by atoms with Crippen LogP contribution < -0.4 is 5.32 Å². The molecule has 3 rings (SSSR count). The Morgan fingerprint density at radius 3 is 2.65 bits per heavy atom. The molecule has 0 aliphatic heterocycles. The van der Waals surface area contributed by atoms with Crippen LogP contribution in [0.25, 0.3) is 11.4 Å². The summed E-state index contributed by atoms with van der Waals surface area (Å²) in [5.41, 5.74) is 2.70. The van der Waals surface area contributed by atoms with Crippen molar-refractivity contribution in [3.05, 3.63) is 76.9 Å². The first-order chi connectivity index (χ1) is 12.5. The molecular formula is C20H20FN3O2. The van der Waals surface area contributed by atoms with Gasteiger partial charge in [-0.25, -0.2) is 9.37 Å². The van der Waals surface area contributed by atoms with E-state index in [2.05, 4.69) is 15.3 Å². The highest BCUT2D eigenvalue weighted by atomic mass is 19.1. The number of nitrogens with zero attached hydrogens (tertiary/aromatic N) is 1. The van der Waals surface area contributed by atoms with Crippen molar-refractivity contribution in [3.8, 4) is 11.4 Å². The van der Waals surface area contributed by atoms with Gasteiger partial charge in [-0.15, -0.1) is 0 Å². The molecule has 0 aliphatic carbocycles. The molecule has 0 spiro atoms. The lowest BCUT2D eigenvalue weighted by Gasteiger charge is -2.12. The molecule has 5 nitrogen and oxygen atoms in total. The summed E-state index contributed by atoms with van der Waals surface area (Å²) in [4.78, 5) is 19.8. The van der Waals surface area contributed by atoms with E-state index in [1.54, 1.807) is 26.0 Å². The number of carbonyl (C=O) groups excluding carboxylic acids is 1. The Labute approximate surface area is 150 Å². The minimum atomic E-state index is -0.998. The maximum absolute atomic E-state index is 13.6. The number of hydrogen-bond acceptors (Lipinski definition) is 3. The molecule has 0 saturated carbocycles. The van der Waals surface area contributed by atoms with Gasteiger partial charge in [-0.1, -0.05) is 42.5 Å². The Morgan fingerprint density at radius 1 is 1.23 bits per heavy atom. The highest BCUT2D eigenvalue weighted by Crippen LogP contribution is 2.18. The third-order valence-electron chi connectivity index (χ3n) is 4.18. The van der Waals surface area contributed by atoms with E-state index in [9.17, 15) is 14.3 Å². The predicted octanol–water partition coefficient (Wildman–Crippen LogP) is 3.30. The Bertz CT molecular complexity index is 922. The first kappa shape index (κ1) is 17.8. The van der Waals surface area contributed by atoms with Gasteiger partial charge < -0.3 is 15.4 Å². The molecule has 0 aliphatic rings. The fourth-order valence-corrected chi connectivity index (χ4v) is 2.62. The summed E-state index contributed by atoms with van der Waals surface area (Å²) in [6, 6.07) is 14.0. The van der Waals surface area contributed by atoms with E-state index in [-0.39, 0.29) is 18.1 Å². The summed E-state index contributed by atoms with van der Waals surface area (Å²) >= 11 is 0. The first-order valence-corrected chi connectivity index (χ1v) is 8.30. The Kier molecular flexibility index (Phi) is 5.14. The Hall–Kier alpha value is -2.99. The topological polar surface area (TPSA) is 78.0 Å². The molecule has 1 unspecified atom stereocenters. The summed E-state index contributed by atoms with van der Waals surface area (Å²) in [7, 11) is 0. The quantitative estimate of drug-likeness (QED) is 0.659. The second-order valence-corrected chi connectivity index (χ2v) is 6.16. The number of aliphatic hydroxyl groups is 1. The number of aromatic nitrogens is 2. The number of halogens is 1. The molecule has 26 heavy (non-hydrogen) atoms. The molecule has 6 heteroatoms. The van der Waals surface area contributed by atoms with Gasteiger partial charge in [-0.2, -0.15) is 0 Å². The SMILES string of the molecule is Cc1ccc(C(O)CNC(=O)c2nc(-c3ccccc3)[nH]c2C)cc1F. The molecule has 1 aromatic heterocycles. The second-order valence-electron chi connectivity index (χ2n) is 6.16. The van der Waals surface area contributed by atoms with Gasteiger partial charge in [-0.05, 0) is 31.0 Å². The van der Waals surface area contributed by atoms with Crippen molar-refractivity contribution in [2.45, 2.75) is 20.0 Å². The number of imidazole rings is 1. The average molecular weight is 353 g/mol. The van der Waals surface area contributed by atoms with Gasteiger partial charge in [0, 0.05) is 17.8 Å². The first-order valence-electron chi connectivity index (χ1n) is 8.30. The van der Waals surface area contributed by atoms with Crippen LogP contribution in [0.15, 0.2) is 48.5 Å². The normalized spacial score (nSPS) is 12.0. The summed E-state index contributed by atoms with van der Waals surface area (Å²) in [5.74, 6) is -0.175. The third-order valence-corrected chi connectivity index (χ3v) is 4.18. The number of carbonyl (C=O) groups is 1.